The molecule has 0 bridgehead atoms. The smallest absolute Gasteiger partial charge is 0.405 e. The molecule has 1 aliphatic rings. The van der Waals surface area contributed by atoms with E-state index in [9.17, 15) is 4.79 Å². The number of hydrogen-bond donors (Lipinski definition) is 3. The van der Waals surface area contributed by atoms with Gasteiger partial charge in [0.15, 0.2) is 0 Å². The van der Waals surface area contributed by atoms with Gasteiger partial charge in [-0.25, -0.2) is 4.79 Å². The summed E-state index contributed by atoms with van der Waals surface area (Å²) in [5.74, 6) is 0. The topological polar surface area (TPSA) is 75.3 Å². The summed E-state index contributed by atoms with van der Waals surface area (Å²) < 4.78 is 0. The molecule has 0 aromatic carbocycles. The predicted octanol–water partition coefficient (Wildman–Crippen LogP) is 1.55. The van der Waals surface area contributed by atoms with Gasteiger partial charge in [0.25, 0.3) is 0 Å². The summed E-state index contributed by atoms with van der Waals surface area (Å²) in [7, 11) is 0. The van der Waals surface area contributed by atoms with E-state index >= 15 is 0 Å². The Morgan fingerprint density at radius 3 is 2.50 bits per heavy atom. The SMILES string of the molecule is CC(C)(CC1(CCN)CC1)NC(=O)O. The van der Waals surface area contributed by atoms with E-state index in [0.717, 1.165) is 12.8 Å². The fourth-order valence-electron chi connectivity index (χ4n) is 2.27. The summed E-state index contributed by atoms with van der Waals surface area (Å²) >= 11 is 0. The molecule has 0 saturated heterocycles. The van der Waals surface area contributed by atoms with Crippen LogP contribution in [0, 0.1) is 5.41 Å². The molecule has 0 unspecified atom stereocenters. The third kappa shape index (κ3) is 3.18. The van der Waals surface area contributed by atoms with Crippen LogP contribution in [-0.2, 0) is 0 Å². The van der Waals surface area contributed by atoms with Gasteiger partial charge in [0.2, 0.25) is 0 Å². The number of nitrogens with one attached hydrogen (secondary N) is 1. The summed E-state index contributed by atoms with van der Waals surface area (Å²) in [6, 6.07) is 0. The van der Waals surface area contributed by atoms with E-state index in [-0.39, 0.29) is 5.54 Å². The Morgan fingerprint density at radius 2 is 2.14 bits per heavy atom. The van der Waals surface area contributed by atoms with Gasteiger partial charge in [-0.05, 0) is 51.5 Å². The van der Waals surface area contributed by atoms with Crippen molar-refractivity contribution in [2.75, 3.05) is 6.54 Å². The molecule has 82 valence electrons. The molecule has 0 radical (unpaired) electrons. The van der Waals surface area contributed by atoms with Gasteiger partial charge in [0.1, 0.15) is 0 Å². The van der Waals surface area contributed by atoms with Crippen LogP contribution in [0.3, 0.4) is 0 Å². The summed E-state index contributed by atoms with van der Waals surface area (Å²) in [4.78, 5) is 10.5. The Hall–Kier alpha value is -0.770. The van der Waals surface area contributed by atoms with Crippen molar-refractivity contribution in [2.45, 2.75) is 45.1 Å². The largest absolute Gasteiger partial charge is 0.465 e. The third-order valence-electron chi connectivity index (χ3n) is 2.89. The van der Waals surface area contributed by atoms with Gasteiger partial charge in [0, 0.05) is 5.54 Å². The highest BCUT2D eigenvalue weighted by Crippen LogP contribution is 2.53. The maximum atomic E-state index is 10.5. The Bertz CT molecular complexity index is 222. The molecular formula is C10H20N2O2. The molecule has 1 amide bonds. The molecule has 4 nitrogen and oxygen atoms in total. The van der Waals surface area contributed by atoms with Gasteiger partial charge in [-0.3, -0.25) is 0 Å². The Morgan fingerprint density at radius 1 is 1.57 bits per heavy atom. The number of carboxylic acid groups (broad SMARTS) is 1. The monoisotopic (exact) mass is 200 g/mol. The van der Waals surface area contributed by atoms with E-state index in [1.807, 2.05) is 13.8 Å². The van der Waals surface area contributed by atoms with Crippen LogP contribution >= 0.6 is 0 Å². The predicted molar refractivity (Wildman–Crippen MR) is 55.2 cm³/mol. The van der Waals surface area contributed by atoms with Crippen LogP contribution in [0.1, 0.15) is 39.5 Å². The second-order valence-electron chi connectivity index (χ2n) is 5.03. The minimum atomic E-state index is -0.946. The van der Waals surface area contributed by atoms with E-state index < -0.39 is 6.09 Å². The van der Waals surface area contributed by atoms with Crippen molar-refractivity contribution in [3.8, 4) is 0 Å². The molecule has 0 atom stereocenters. The first-order valence-electron chi connectivity index (χ1n) is 5.10. The van der Waals surface area contributed by atoms with Crippen molar-refractivity contribution in [3.05, 3.63) is 0 Å². The molecule has 1 fully saturated rings. The first-order chi connectivity index (χ1) is 6.39. The van der Waals surface area contributed by atoms with E-state index in [1.165, 1.54) is 12.8 Å². The van der Waals surface area contributed by atoms with Crippen LogP contribution in [0.15, 0.2) is 0 Å². The second-order valence-corrected chi connectivity index (χ2v) is 5.03. The molecule has 4 heteroatoms. The first-order valence-corrected chi connectivity index (χ1v) is 5.10. The molecule has 14 heavy (non-hydrogen) atoms. The quantitative estimate of drug-likeness (QED) is 0.630. The van der Waals surface area contributed by atoms with Crippen LogP contribution in [0.4, 0.5) is 4.79 Å². The molecule has 1 saturated carbocycles. The second kappa shape index (κ2) is 3.77. The normalized spacial score (nSPS) is 19.1. The Balaban J connectivity index is 2.45. The Labute approximate surface area is 84.9 Å². The van der Waals surface area contributed by atoms with Crippen LogP contribution in [0.5, 0.6) is 0 Å². The van der Waals surface area contributed by atoms with Gasteiger partial charge < -0.3 is 16.2 Å². The van der Waals surface area contributed by atoms with Crippen LogP contribution < -0.4 is 11.1 Å². The van der Waals surface area contributed by atoms with E-state index in [4.69, 9.17) is 10.8 Å². The molecule has 4 N–H and O–H groups in total. The lowest BCUT2D eigenvalue weighted by atomic mass is 9.86. The lowest BCUT2D eigenvalue weighted by molar-refractivity contribution is 0.174. The molecule has 1 aliphatic carbocycles. The highest BCUT2D eigenvalue weighted by molar-refractivity contribution is 5.65. The van der Waals surface area contributed by atoms with E-state index in [1.54, 1.807) is 0 Å². The molecule has 1 rings (SSSR count). The van der Waals surface area contributed by atoms with Crippen molar-refractivity contribution in [2.24, 2.45) is 11.1 Å². The summed E-state index contributed by atoms with van der Waals surface area (Å²) in [5, 5.41) is 11.2. The van der Waals surface area contributed by atoms with Crippen LogP contribution in [0.2, 0.25) is 0 Å². The summed E-state index contributed by atoms with van der Waals surface area (Å²) in [5.41, 5.74) is 5.52. The average molecular weight is 200 g/mol. The summed E-state index contributed by atoms with van der Waals surface area (Å²) in [6.07, 6.45) is 3.34. The lowest BCUT2D eigenvalue weighted by Gasteiger charge is -2.29. The zero-order valence-electron chi connectivity index (χ0n) is 8.97. The van der Waals surface area contributed by atoms with Crippen molar-refractivity contribution in [1.82, 2.24) is 5.32 Å². The van der Waals surface area contributed by atoms with E-state index in [0.29, 0.717) is 12.0 Å². The molecule has 0 heterocycles. The van der Waals surface area contributed by atoms with Crippen LogP contribution in [0.25, 0.3) is 0 Å². The van der Waals surface area contributed by atoms with Gasteiger partial charge in [-0.2, -0.15) is 0 Å². The number of carbonyl (C=O) groups is 1. The van der Waals surface area contributed by atoms with E-state index in [2.05, 4.69) is 5.32 Å². The molecule has 0 spiro atoms. The highest BCUT2D eigenvalue weighted by Gasteiger charge is 2.45. The van der Waals surface area contributed by atoms with Crippen molar-refractivity contribution >= 4 is 6.09 Å². The number of nitrogens with two attached hydrogens (primary N) is 1. The van der Waals surface area contributed by atoms with Crippen molar-refractivity contribution in [1.29, 1.82) is 0 Å². The van der Waals surface area contributed by atoms with Crippen LogP contribution in [-0.4, -0.2) is 23.3 Å². The average Bonchev–Trinajstić information content (AvgIpc) is 2.64. The zero-order valence-corrected chi connectivity index (χ0v) is 8.97. The Kier molecular flexibility index (Phi) is 3.04. The standard InChI is InChI=1S/C10H20N2O2/c1-9(2,12-8(13)14)7-10(3-4-10)5-6-11/h12H,3-7,11H2,1-2H3,(H,13,14). The number of rotatable bonds is 5. The fraction of sp³-hybridized carbons (Fsp3) is 0.900. The maximum Gasteiger partial charge on any atom is 0.405 e. The third-order valence-corrected chi connectivity index (χ3v) is 2.89. The molecule has 0 aromatic heterocycles. The minimum Gasteiger partial charge on any atom is -0.465 e. The first kappa shape index (κ1) is 11.3. The van der Waals surface area contributed by atoms with Crippen molar-refractivity contribution in [3.63, 3.8) is 0 Å². The highest BCUT2D eigenvalue weighted by atomic mass is 16.4. The zero-order chi connectivity index (χ0) is 10.8. The van der Waals surface area contributed by atoms with Gasteiger partial charge in [-0.15, -0.1) is 0 Å². The molecular weight excluding hydrogens is 180 g/mol. The van der Waals surface area contributed by atoms with Gasteiger partial charge >= 0.3 is 6.09 Å². The number of hydrogen-bond acceptors (Lipinski definition) is 2. The molecule has 0 aliphatic heterocycles. The molecule has 0 aromatic rings. The number of amides is 1. The van der Waals surface area contributed by atoms with Crippen molar-refractivity contribution < 1.29 is 9.90 Å². The lowest BCUT2D eigenvalue weighted by Crippen LogP contribution is -2.44. The maximum absolute atomic E-state index is 10.5. The minimum absolute atomic E-state index is 0.320. The fourth-order valence-corrected chi connectivity index (χ4v) is 2.27. The van der Waals surface area contributed by atoms with Gasteiger partial charge in [-0.1, -0.05) is 0 Å². The summed E-state index contributed by atoms with van der Waals surface area (Å²) in [6.45, 7) is 4.55. The van der Waals surface area contributed by atoms with Gasteiger partial charge in [0.05, 0.1) is 0 Å².